The predicted molar refractivity (Wildman–Crippen MR) is 117 cm³/mol. The molecule has 4 aromatic rings. The van der Waals surface area contributed by atoms with Crippen molar-refractivity contribution in [1.82, 2.24) is 50.0 Å². The Kier molecular flexibility index (Phi) is 6.94. The summed E-state index contributed by atoms with van der Waals surface area (Å²) in [6.45, 7) is 4.08. The summed E-state index contributed by atoms with van der Waals surface area (Å²) < 4.78 is 0. The molecule has 32 heavy (non-hydrogen) atoms. The lowest BCUT2D eigenvalue weighted by atomic mass is 10.2. The monoisotopic (exact) mass is 434 g/mol. The summed E-state index contributed by atoms with van der Waals surface area (Å²) in [5, 5.41) is 15.9. The van der Waals surface area contributed by atoms with Gasteiger partial charge >= 0.3 is 0 Å². The maximum Gasteiger partial charge on any atom is 0.0989 e. The minimum atomic E-state index is 0.565. The minimum absolute atomic E-state index is 0.565. The van der Waals surface area contributed by atoms with Gasteiger partial charge in [-0.3, -0.25) is 19.8 Å². The van der Waals surface area contributed by atoms with Gasteiger partial charge in [0.2, 0.25) is 0 Å². The van der Waals surface area contributed by atoms with Gasteiger partial charge in [0.05, 0.1) is 35.2 Å². The van der Waals surface area contributed by atoms with Crippen molar-refractivity contribution in [3.05, 3.63) is 84.0 Å². The summed E-state index contributed by atoms with van der Waals surface area (Å²) in [5.41, 5.74) is 3.56. The molecule has 4 aromatic heterocycles. The Morgan fingerprint density at radius 1 is 0.625 bits per heavy atom. The largest absolute Gasteiger partial charge is 0.322 e. The zero-order valence-electron chi connectivity index (χ0n) is 17.6. The molecule has 12 nitrogen and oxygen atoms in total. The van der Waals surface area contributed by atoms with Crippen molar-refractivity contribution in [1.29, 1.82) is 0 Å². The van der Waals surface area contributed by atoms with Crippen molar-refractivity contribution >= 4 is 0 Å². The second-order valence-electron chi connectivity index (χ2n) is 7.44. The molecule has 0 saturated carbocycles. The van der Waals surface area contributed by atoms with Crippen molar-refractivity contribution < 1.29 is 0 Å². The molecule has 0 unspecified atom stereocenters. The fourth-order valence-electron chi connectivity index (χ4n) is 3.38. The molecule has 4 heterocycles. The van der Waals surface area contributed by atoms with Gasteiger partial charge in [-0.15, -0.1) is 10.2 Å². The maximum atomic E-state index is 5.66. The molecule has 4 rings (SSSR count). The number of pyridine rings is 2. The van der Waals surface area contributed by atoms with Crippen LogP contribution in [0.2, 0.25) is 0 Å². The Labute approximate surface area is 185 Å². The van der Waals surface area contributed by atoms with Gasteiger partial charge in [-0.25, -0.2) is 0 Å². The van der Waals surface area contributed by atoms with Crippen LogP contribution >= 0.6 is 0 Å². The number of nitrogen functional groups attached to an aromatic ring is 2. The highest BCUT2D eigenvalue weighted by molar-refractivity contribution is 5.06. The van der Waals surface area contributed by atoms with Crippen LogP contribution in [0, 0.1) is 0 Å². The Bertz CT molecular complexity index is 994. The molecule has 0 aliphatic rings. The van der Waals surface area contributed by atoms with Gasteiger partial charge in [0, 0.05) is 51.7 Å². The van der Waals surface area contributed by atoms with Crippen LogP contribution < -0.4 is 11.7 Å². The van der Waals surface area contributed by atoms with E-state index < -0.39 is 0 Å². The SMILES string of the molecule is Nn1cc(CN(CCN(Cc2ccccn2)Cc2ccccn2)Cc2cn(N)nn2)nn1. The first-order valence-electron chi connectivity index (χ1n) is 10.2. The van der Waals surface area contributed by atoms with Crippen LogP contribution in [-0.2, 0) is 26.2 Å². The molecular formula is C20H26N12. The fraction of sp³-hybridized carbons (Fsp3) is 0.300. The molecule has 4 N–H and O–H groups in total. The molecule has 0 aliphatic carbocycles. The lowest BCUT2D eigenvalue weighted by Crippen LogP contribution is -2.34. The van der Waals surface area contributed by atoms with E-state index >= 15 is 0 Å². The maximum absolute atomic E-state index is 5.66. The van der Waals surface area contributed by atoms with E-state index in [1.54, 1.807) is 12.4 Å². The average Bonchev–Trinajstić information content (AvgIpc) is 3.40. The Hall–Kier alpha value is -3.90. The van der Waals surface area contributed by atoms with Crippen molar-refractivity contribution in [3.63, 3.8) is 0 Å². The molecule has 166 valence electrons. The van der Waals surface area contributed by atoms with Crippen LogP contribution in [0.5, 0.6) is 0 Å². The van der Waals surface area contributed by atoms with Gasteiger partial charge in [-0.1, -0.05) is 12.1 Å². The minimum Gasteiger partial charge on any atom is -0.322 e. The normalized spacial score (nSPS) is 11.4. The second kappa shape index (κ2) is 10.4. The van der Waals surface area contributed by atoms with E-state index in [9.17, 15) is 0 Å². The highest BCUT2D eigenvalue weighted by Crippen LogP contribution is 2.10. The molecule has 12 heteroatoms. The lowest BCUT2D eigenvalue weighted by molar-refractivity contribution is 0.178. The van der Waals surface area contributed by atoms with Crippen LogP contribution in [0.1, 0.15) is 22.8 Å². The average molecular weight is 435 g/mol. The van der Waals surface area contributed by atoms with E-state index in [0.29, 0.717) is 26.2 Å². The van der Waals surface area contributed by atoms with E-state index in [1.165, 1.54) is 9.58 Å². The first kappa shape index (κ1) is 21.3. The third-order valence-corrected chi connectivity index (χ3v) is 4.84. The Morgan fingerprint density at radius 2 is 1.06 bits per heavy atom. The van der Waals surface area contributed by atoms with Crippen LogP contribution in [0.25, 0.3) is 0 Å². The number of nitrogens with two attached hydrogens (primary N) is 2. The summed E-state index contributed by atoms with van der Waals surface area (Å²) in [5.74, 6) is 11.3. The summed E-state index contributed by atoms with van der Waals surface area (Å²) in [7, 11) is 0. The van der Waals surface area contributed by atoms with E-state index in [-0.39, 0.29) is 0 Å². The van der Waals surface area contributed by atoms with E-state index in [4.69, 9.17) is 11.7 Å². The Balaban J connectivity index is 1.46. The third-order valence-electron chi connectivity index (χ3n) is 4.84. The van der Waals surface area contributed by atoms with Crippen LogP contribution in [-0.4, -0.2) is 63.1 Å². The first-order valence-corrected chi connectivity index (χ1v) is 10.2. The molecule has 0 atom stereocenters. The lowest BCUT2D eigenvalue weighted by Gasteiger charge is -2.26. The van der Waals surface area contributed by atoms with Gasteiger partial charge in [0.25, 0.3) is 0 Å². The molecule has 0 aliphatic heterocycles. The first-order chi connectivity index (χ1) is 15.6. The molecule has 0 radical (unpaired) electrons. The fourth-order valence-corrected chi connectivity index (χ4v) is 3.38. The standard InChI is InChI=1S/C20H26N12/c21-31-15-19(25-27-31)13-30(14-20-16-32(22)28-26-20)10-9-29(11-17-5-1-3-7-23-17)12-18-6-2-4-8-24-18/h1-8,15-16H,9-14,21-22H2. The van der Waals surface area contributed by atoms with E-state index in [1.807, 2.05) is 48.8 Å². The van der Waals surface area contributed by atoms with Gasteiger partial charge in [-0.2, -0.15) is 9.58 Å². The van der Waals surface area contributed by atoms with Crippen molar-refractivity contribution in [2.45, 2.75) is 26.2 Å². The summed E-state index contributed by atoms with van der Waals surface area (Å²) in [6.07, 6.45) is 7.03. The molecule has 0 spiro atoms. The highest BCUT2D eigenvalue weighted by Gasteiger charge is 2.15. The van der Waals surface area contributed by atoms with Gasteiger partial charge in [0.1, 0.15) is 0 Å². The number of aromatic nitrogens is 8. The molecule has 0 saturated heterocycles. The molecule has 0 bridgehead atoms. The molecular weight excluding hydrogens is 408 g/mol. The zero-order chi connectivity index (χ0) is 22.2. The summed E-state index contributed by atoms with van der Waals surface area (Å²) in [4.78, 5) is 15.9. The zero-order valence-corrected chi connectivity index (χ0v) is 17.6. The number of rotatable bonds is 11. The van der Waals surface area contributed by atoms with Gasteiger partial charge in [0.15, 0.2) is 0 Å². The molecule has 0 amide bonds. The number of nitrogens with zero attached hydrogens (tertiary/aromatic N) is 10. The third kappa shape index (κ3) is 6.30. The van der Waals surface area contributed by atoms with Crippen LogP contribution in [0.3, 0.4) is 0 Å². The van der Waals surface area contributed by atoms with Crippen molar-refractivity contribution in [2.24, 2.45) is 0 Å². The van der Waals surface area contributed by atoms with E-state index in [2.05, 4.69) is 40.4 Å². The number of hydrogen-bond donors (Lipinski definition) is 2. The van der Waals surface area contributed by atoms with Crippen molar-refractivity contribution in [3.8, 4) is 0 Å². The summed E-state index contributed by atoms with van der Waals surface area (Å²) in [6, 6.07) is 11.9. The van der Waals surface area contributed by atoms with Crippen LogP contribution in [0.4, 0.5) is 0 Å². The smallest absolute Gasteiger partial charge is 0.0989 e. The number of hydrogen-bond acceptors (Lipinski definition) is 10. The summed E-state index contributed by atoms with van der Waals surface area (Å²) >= 11 is 0. The topological polar surface area (TPSA) is 146 Å². The second-order valence-corrected chi connectivity index (χ2v) is 7.44. The van der Waals surface area contributed by atoms with Crippen LogP contribution in [0.15, 0.2) is 61.2 Å². The molecule has 0 fully saturated rings. The Morgan fingerprint density at radius 3 is 1.41 bits per heavy atom. The van der Waals surface area contributed by atoms with Crippen molar-refractivity contribution in [2.75, 3.05) is 24.8 Å². The van der Waals surface area contributed by atoms with Gasteiger partial charge in [-0.05, 0) is 34.7 Å². The quantitative estimate of drug-likeness (QED) is 0.304. The predicted octanol–water partition coefficient (Wildman–Crippen LogP) is -0.208. The highest BCUT2D eigenvalue weighted by atomic mass is 15.6. The van der Waals surface area contributed by atoms with Gasteiger partial charge < -0.3 is 11.7 Å². The van der Waals surface area contributed by atoms with E-state index in [0.717, 1.165) is 35.9 Å². The molecule has 0 aromatic carbocycles.